The fraction of sp³-hybridized carbons (Fsp3) is 0.188. The number of H-pyrrole nitrogens is 1. The summed E-state index contributed by atoms with van der Waals surface area (Å²) < 4.78 is 11.4. The van der Waals surface area contributed by atoms with Gasteiger partial charge in [-0.15, -0.1) is 0 Å². The molecule has 0 fully saturated rings. The molecule has 9 heteroatoms. The van der Waals surface area contributed by atoms with Gasteiger partial charge in [-0.2, -0.15) is 15.4 Å². The van der Waals surface area contributed by atoms with E-state index in [1.54, 1.807) is 48.5 Å². The van der Waals surface area contributed by atoms with Crippen molar-refractivity contribution in [1.29, 1.82) is 0 Å². The van der Waals surface area contributed by atoms with E-state index in [-0.39, 0.29) is 5.91 Å². The third-order valence-electron chi connectivity index (χ3n) is 6.54. The number of anilines is 1. The minimum Gasteiger partial charge on any atom is -0.493 e. The average molecular weight is 569 g/mol. The van der Waals surface area contributed by atoms with Crippen molar-refractivity contribution in [2.75, 3.05) is 11.9 Å². The number of carbonyl (C=O) groups excluding carboxylic acids is 2. The summed E-state index contributed by atoms with van der Waals surface area (Å²) in [6.45, 7) is 4.49. The maximum atomic E-state index is 12.9. The van der Waals surface area contributed by atoms with Crippen LogP contribution in [-0.4, -0.2) is 33.9 Å². The van der Waals surface area contributed by atoms with Crippen LogP contribution in [0.2, 0.25) is 5.02 Å². The van der Waals surface area contributed by atoms with Gasteiger partial charge in [0.05, 0.1) is 12.2 Å². The highest BCUT2D eigenvalue weighted by atomic mass is 35.5. The first-order chi connectivity index (χ1) is 19.9. The molecule has 208 valence electrons. The Morgan fingerprint density at radius 1 is 0.927 bits per heavy atom. The number of esters is 1. The molecule has 8 nitrogen and oxygen atoms in total. The number of rotatable bonds is 10. The molecule has 0 unspecified atom stereocenters. The zero-order valence-corrected chi connectivity index (χ0v) is 23.5. The molecule has 41 heavy (non-hydrogen) atoms. The molecule has 0 radical (unpaired) electrons. The van der Waals surface area contributed by atoms with Gasteiger partial charge >= 0.3 is 5.97 Å². The Bertz CT molecular complexity index is 1700. The summed E-state index contributed by atoms with van der Waals surface area (Å²) in [6.07, 6.45) is 1.26. The van der Waals surface area contributed by atoms with Crippen LogP contribution in [0, 0.1) is 13.8 Å². The fourth-order valence-electron chi connectivity index (χ4n) is 4.52. The van der Waals surface area contributed by atoms with Crippen molar-refractivity contribution >= 4 is 40.2 Å². The van der Waals surface area contributed by atoms with Crippen LogP contribution in [-0.2, 0) is 11.2 Å². The number of benzene rings is 4. The number of para-hydroxylation sites is 1. The van der Waals surface area contributed by atoms with E-state index in [0.717, 1.165) is 22.4 Å². The van der Waals surface area contributed by atoms with Gasteiger partial charge in [-0.1, -0.05) is 47.5 Å². The topological polar surface area (TPSA) is 106 Å². The molecule has 2 N–H and O–H groups in total. The molecule has 1 aromatic heterocycles. The number of ether oxygens (including phenoxy) is 2. The molecule has 5 aromatic rings. The lowest BCUT2D eigenvalue weighted by atomic mass is 10.0. The zero-order chi connectivity index (χ0) is 28.8. The predicted molar refractivity (Wildman–Crippen MR) is 159 cm³/mol. The van der Waals surface area contributed by atoms with Gasteiger partial charge in [-0.25, -0.2) is 4.79 Å². The summed E-state index contributed by atoms with van der Waals surface area (Å²) in [5.74, 6) is 0.655. The Balaban J connectivity index is 1.24. The molecule has 0 saturated heterocycles. The highest BCUT2D eigenvalue weighted by Gasteiger charge is 2.17. The lowest BCUT2D eigenvalue weighted by molar-refractivity contribution is -0.116. The molecular weight excluding hydrogens is 540 g/mol. The van der Waals surface area contributed by atoms with E-state index in [0.29, 0.717) is 58.9 Å². The van der Waals surface area contributed by atoms with Gasteiger partial charge in [0.1, 0.15) is 22.5 Å². The van der Waals surface area contributed by atoms with Crippen LogP contribution in [0.3, 0.4) is 0 Å². The molecule has 0 bridgehead atoms. The molecule has 0 aliphatic heterocycles. The highest BCUT2D eigenvalue weighted by Crippen LogP contribution is 2.27. The minimum absolute atomic E-state index is 0.118. The number of hydrogen-bond donors (Lipinski definition) is 2. The van der Waals surface area contributed by atoms with E-state index in [1.807, 2.05) is 38.1 Å². The normalized spacial score (nSPS) is 10.9. The maximum absolute atomic E-state index is 12.9. The van der Waals surface area contributed by atoms with Crippen LogP contribution >= 0.6 is 11.6 Å². The molecule has 0 saturated carbocycles. The summed E-state index contributed by atoms with van der Waals surface area (Å²) in [4.78, 5) is 25.5. The van der Waals surface area contributed by atoms with E-state index < -0.39 is 5.97 Å². The third kappa shape index (κ3) is 7.10. The largest absolute Gasteiger partial charge is 0.493 e. The van der Waals surface area contributed by atoms with E-state index >= 15 is 0 Å². The van der Waals surface area contributed by atoms with Crippen molar-refractivity contribution in [2.24, 2.45) is 0 Å². The fourth-order valence-corrected chi connectivity index (χ4v) is 4.71. The number of aromatic amines is 1. The van der Waals surface area contributed by atoms with Gasteiger partial charge in [-0.3, -0.25) is 4.79 Å². The van der Waals surface area contributed by atoms with Crippen LogP contribution in [0.4, 0.5) is 5.69 Å². The molecular formula is C32H29ClN4O4. The van der Waals surface area contributed by atoms with Crippen LogP contribution in [0.1, 0.15) is 45.5 Å². The zero-order valence-electron chi connectivity index (χ0n) is 22.7. The molecule has 0 aliphatic rings. The SMILES string of the molecule is Cc1ccc(OCCCC(=O)Nc2ccc(Cl)c(Cc3cc(C(=O)Oc4ccccc4)cc4n[nH]nc34)c2)c(C)c1. The van der Waals surface area contributed by atoms with Crippen molar-refractivity contribution in [3.8, 4) is 11.5 Å². The number of fused-ring (bicyclic) bond motifs is 1. The molecule has 0 aliphatic carbocycles. The number of hydrogen-bond acceptors (Lipinski definition) is 6. The minimum atomic E-state index is -0.504. The summed E-state index contributed by atoms with van der Waals surface area (Å²) in [6, 6.07) is 23.6. The molecule has 1 amide bonds. The van der Waals surface area contributed by atoms with Gasteiger partial charge in [-0.05, 0) is 85.5 Å². The molecule has 4 aromatic carbocycles. The van der Waals surface area contributed by atoms with Gasteiger partial charge in [0.25, 0.3) is 0 Å². The van der Waals surface area contributed by atoms with Crippen molar-refractivity contribution in [1.82, 2.24) is 15.4 Å². The number of aromatic nitrogens is 3. The summed E-state index contributed by atoms with van der Waals surface area (Å²) in [7, 11) is 0. The second-order valence-corrected chi connectivity index (χ2v) is 10.2. The average Bonchev–Trinajstić information content (AvgIpc) is 3.44. The van der Waals surface area contributed by atoms with E-state index in [2.05, 4.69) is 26.8 Å². The maximum Gasteiger partial charge on any atom is 0.343 e. The molecule has 0 atom stereocenters. The van der Waals surface area contributed by atoms with Crippen molar-refractivity contribution in [2.45, 2.75) is 33.1 Å². The predicted octanol–water partition coefficient (Wildman–Crippen LogP) is 6.84. The monoisotopic (exact) mass is 568 g/mol. The number of nitrogens with one attached hydrogen (secondary N) is 2. The number of nitrogens with zero attached hydrogens (tertiary/aromatic N) is 2. The standard InChI is InChI=1S/C32H29ClN4O4/c1-20-10-13-29(21(2)15-20)40-14-6-9-30(38)34-25-11-12-27(33)22(18-25)16-23-17-24(19-28-31(23)36-37-35-28)32(39)41-26-7-4-3-5-8-26/h3-5,7-8,10-13,15,17-19H,6,9,14,16H2,1-2H3,(H,34,38)(H,35,36,37). The van der Waals surface area contributed by atoms with E-state index in [9.17, 15) is 9.59 Å². The summed E-state index contributed by atoms with van der Waals surface area (Å²) in [5.41, 5.74) is 5.88. The number of amides is 1. The lowest BCUT2D eigenvalue weighted by Gasteiger charge is -2.12. The first-order valence-corrected chi connectivity index (χ1v) is 13.6. The second kappa shape index (κ2) is 12.7. The van der Waals surface area contributed by atoms with Gasteiger partial charge in [0.2, 0.25) is 5.91 Å². The molecule has 1 heterocycles. The van der Waals surface area contributed by atoms with Crippen LogP contribution < -0.4 is 14.8 Å². The van der Waals surface area contributed by atoms with Gasteiger partial charge in [0.15, 0.2) is 0 Å². The van der Waals surface area contributed by atoms with Gasteiger partial charge < -0.3 is 14.8 Å². The third-order valence-corrected chi connectivity index (χ3v) is 6.91. The second-order valence-electron chi connectivity index (χ2n) is 9.78. The number of aryl methyl sites for hydroxylation is 2. The van der Waals surface area contributed by atoms with Crippen LogP contribution in [0.5, 0.6) is 11.5 Å². The van der Waals surface area contributed by atoms with Gasteiger partial charge in [0, 0.05) is 23.6 Å². The molecule has 5 rings (SSSR count). The van der Waals surface area contributed by atoms with E-state index in [1.165, 1.54) is 5.56 Å². The Labute approximate surface area is 242 Å². The number of halogens is 1. The van der Waals surface area contributed by atoms with Crippen LogP contribution in [0.15, 0.2) is 78.9 Å². The van der Waals surface area contributed by atoms with Crippen molar-refractivity contribution in [3.63, 3.8) is 0 Å². The smallest absolute Gasteiger partial charge is 0.343 e. The quantitative estimate of drug-likeness (QED) is 0.109. The Morgan fingerprint density at radius 2 is 1.76 bits per heavy atom. The van der Waals surface area contributed by atoms with E-state index in [4.69, 9.17) is 21.1 Å². The Kier molecular flexibility index (Phi) is 8.60. The Morgan fingerprint density at radius 3 is 2.56 bits per heavy atom. The van der Waals surface area contributed by atoms with Crippen molar-refractivity contribution in [3.05, 3.63) is 112 Å². The summed E-state index contributed by atoms with van der Waals surface area (Å²) >= 11 is 6.54. The van der Waals surface area contributed by atoms with Crippen LogP contribution in [0.25, 0.3) is 11.0 Å². The molecule has 0 spiro atoms. The lowest BCUT2D eigenvalue weighted by Crippen LogP contribution is -2.13. The summed E-state index contributed by atoms with van der Waals surface area (Å²) in [5, 5.41) is 14.5. The van der Waals surface area contributed by atoms with Crippen molar-refractivity contribution < 1.29 is 19.1 Å². The number of carbonyl (C=O) groups is 2. The highest BCUT2D eigenvalue weighted by molar-refractivity contribution is 6.31. The first kappa shape index (κ1) is 27.9. The Hall–Kier alpha value is -4.69. The first-order valence-electron chi connectivity index (χ1n) is 13.2.